The van der Waals surface area contributed by atoms with Crippen LogP contribution in [-0.2, 0) is 0 Å². The van der Waals surface area contributed by atoms with Gasteiger partial charge in [-0.25, -0.2) is 9.97 Å². The summed E-state index contributed by atoms with van der Waals surface area (Å²) in [5.74, 6) is 2.40. The van der Waals surface area contributed by atoms with E-state index in [1.165, 1.54) is 0 Å². The molecule has 5 nitrogen and oxygen atoms in total. The number of hydrogen-bond acceptors (Lipinski definition) is 5. The second kappa shape index (κ2) is 6.39. The minimum absolute atomic E-state index is 0.119. The first-order chi connectivity index (χ1) is 8.06. The van der Waals surface area contributed by atoms with E-state index < -0.39 is 0 Å². The van der Waals surface area contributed by atoms with Crippen LogP contribution in [0.3, 0.4) is 0 Å². The Morgan fingerprint density at radius 3 is 2.76 bits per heavy atom. The molecule has 1 atom stereocenters. The minimum Gasteiger partial charge on any atom is -0.395 e. The average Bonchev–Trinajstić information content (AvgIpc) is 2.28. The number of aryl methyl sites for hydroxylation is 1. The molecular formula is C12H22N4O. The molecule has 0 saturated heterocycles. The standard InChI is InChI=1S/C12H22N4O/c1-5-9(2)13-11-8-12(15-10(3)14-11)16(4)6-7-17/h8-9,17H,5-7H2,1-4H3,(H,13,14,15). The van der Waals surface area contributed by atoms with Crippen LogP contribution in [0.4, 0.5) is 11.6 Å². The van der Waals surface area contributed by atoms with Gasteiger partial charge in [0.05, 0.1) is 6.61 Å². The van der Waals surface area contributed by atoms with Gasteiger partial charge in [0, 0.05) is 25.7 Å². The Morgan fingerprint density at radius 1 is 1.47 bits per heavy atom. The van der Waals surface area contributed by atoms with E-state index >= 15 is 0 Å². The van der Waals surface area contributed by atoms with Crippen LogP contribution in [0.2, 0.25) is 0 Å². The topological polar surface area (TPSA) is 61.3 Å². The van der Waals surface area contributed by atoms with Crippen LogP contribution in [0.25, 0.3) is 0 Å². The fraction of sp³-hybridized carbons (Fsp3) is 0.667. The van der Waals surface area contributed by atoms with Crippen molar-refractivity contribution in [2.75, 3.05) is 30.4 Å². The quantitative estimate of drug-likeness (QED) is 0.785. The first-order valence-corrected chi connectivity index (χ1v) is 6.01. The van der Waals surface area contributed by atoms with E-state index in [2.05, 4.69) is 29.1 Å². The number of likely N-dealkylation sites (N-methyl/N-ethyl adjacent to an activating group) is 1. The third-order valence-electron chi connectivity index (χ3n) is 2.66. The van der Waals surface area contributed by atoms with Crippen molar-refractivity contribution >= 4 is 11.6 Å². The lowest BCUT2D eigenvalue weighted by Gasteiger charge is -2.19. The predicted octanol–water partition coefficient (Wildman–Crippen LogP) is 1.42. The van der Waals surface area contributed by atoms with E-state index in [0.29, 0.717) is 12.6 Å². The van der Waals surface area contributed by atoms with Crippen molar-refractivity contribution < 1.29 is 5.11 Å². The van der Waals surface area contributed by atoms with Gasteiger partial charge in [0.1, 0.15) is 17.5 Å². The molecule has 1 aromatic rings. The van der Waals surface area contributed by atoms with Crippen LogP contribution in [0.15, 0.2) is 6.07 Å². The van der Waals surface area contributed by atoms with Gasteiger partial charge in [-0.1, -0.05) is 6.92 Å². The van der Waals surface area contributed by atoms with E-state index in [4.69, 9.17) is 5.11 Å². The highest BCUT2D eigenvalue weighted by molar-refractivity contribution is 5.49. The first-order valence-electron chi connectivity index (χ1n) is 6.01. The lowest BCUT2D eigenvalue weighted by molar-refractivity contribution is 0.304. The second-order valence-electron chi connectivity index (χ2n) is 4.26. The number of hydrogen-bond donors (Lipinski definition) is 2. The minimum atomic E-state index is 0.119. The predicted molar refractivity (Wildman–Crippen MR) is 70.5 cm³/mol. The Morgan fingerprint density at radius 2 is 2.18 bits per heavy atom. The molecule has 0 aliphatic heterocycles. The molecule has 0 saturated carbocycles. The smallest absolute Gasteiger partial charge is 0.134 e. The van der Waals surface area contributed by atoms with Crippen LogP contribution in [0, 0.1) is 6.92 Å². The van der Waals surface area contributed by atoms with Gasteiger partial charge >= 0.3 is 0 Å². The van der Waals surface area contributed by atoms with Gasteiger partial charge in [-0.15, -0.1) is 0 Å². The Hall–Kier alpha value is -1.36. The van der Waals surface area contributed by atoms with Crippen molar-refractivity contribution in [3.05, 3.63) is 11.9 Å². The zero-order valence-electron chi connectivity index (χ0n) is 11.1. The van der Waals surface area contributed by atoms with Crippen LogP contribution in [0.1, 0.15) is 26.1 Å². The number of rotatable bonds is 6. The molecule has 1 unspecified atom stereocenters. The molecule has 0 radical (unpaired) electrons. The van der Waals surface area contributed by atoms with Crippen LogP contribution < -0.4 is 10.2 Å². The lowest BCUT2D eigenvalue weighted by Crippen LogP contribution is -2.23. The summed E-state index contributed by atoms with van der Waals surface area (Å²) in [5, 5.41) is 12.2. The second-order valence-corrected chi connectivity index (χ2v) is 4.26. The normalized spacial score (nSPS) is 12.3. The summed E-state index contributed by atoms with van der Waals surface area (Å²) in [6, 6.07) is 2.30. The van der Waals surface area contributed by atoms with E-state index in [-0.39, 0.29) is 6.61 Å². The maximum Gasteiger partial charge on any atom is 0.134 e. The van der Waals surface area contributed by atoms with Gasteiger partial charge < -0.3 is 15.3 Å². The third-order valence-corrected chi connectivity index (χ3v) is 2.66. The summed E-state index contributed by atoms with van der Waals surface area (Å²) in [6.45, 7) is 6.81. The van der Waals surface area contributed by atoms with Crippen LogP contribution in [-0.4, -0.2) is 41.3 Å². The number of nitrogens with one attached hydrogen (secondary N) is 1. The lowest BCUT2D eigenvalue weighted by atomic mass is 10.2. The van der Waals surface area contributed by atoms with Crippen LogP contribution in [0.5, 0.6) is 0 Å². The molecular weight excluding hydrogens is 216 g/mol. The van der Waals surface area contributed by atoms with Crippen LogP contribution >= 0.6 is 0 Å². The Labute approximate surface area is 103 Å². The van der Waals surface area contributed by atoms with Gasteiger partial charge in [0.15, 0.2) is 0 Å². The number of anilines is 2. The van der Waals surface area contributed by atoms with E-state index in [1.807, 2.05) is 24.9 Å². The summed E-state index contributed by atoms with van der Waals surface area (Å²) in [5.41, 5.74) is 0. The highest BCUT2D eigenvalue weighted by Gasteiger charge is 2.07. The van der Waals surface area contributed by atoms with Gasteiger partial charge in [-0.2, -0.15) is 0 Å². The number of nitrogens with zero attached hydrogens (tertiary/aromatic N) is 3. The number of aliphatic hydroxyl groups excluding tert-OH is 1. The largest absolute Gasteiger partial charge is 0.395 e. The Kier molecular flexibility index (Phi) is 5.15. The van der Waals surface area contributed by atoms with Crippen molar-refractivity contribution in [2.24, 2.45) is 0 Å². The average molecular weight is 238 g/mol. The van der Waals surface area contributed by atoms with E-state index in [1.54, 1.807) is 0 Å². The summed E-state index contributed by atoms with van der Waals surface area (Å²) < 4.78 is 0. The molecule has 2 N–H and O–H groups in total. The molecule has 0 aliphatic rings. The highest BCUT2D eigenvalue weighted by Crippen LogP contribution is 2.15. The molecule has 96 valence electrons. The van der Waals surface area contributed by atoms with Crippen molar-refractivity contribution in [1.82, 2.24) is 9.97 Å². The van der Waals surface area contributed by atoms with E-state index in [0.717, 1.165) is 23.9 Å². The summed E-state index contributed by atoms with van der Waals surface area (Å²) in [7, 11) is 1.91. The SMILES string of the molecule is CCC(C)Nc1cc(N(C)CCO)nc(C)n1. The Bertz CT molecular complexity index is 356. The molecule has 1 rings (SSSR count). The van der Waals surface area contributed by atoms with E-state index in [9.17, 15) is 0 Å². The van der Waals surface area contributed by atoms with Crippen molar-refractivity contribution in [2.45, 2.75) is 33.2 Å². The van der Waals surface area contributed by atoms with Crippen molar-refractivity contribution in [3.8, 4) is 0 Å². The number of aliphatic hydroxyl groups is 1. The summed E-state index contributed by atoms with van der Waals surface area (Å²) in [4.78, 5) is 10.6. The zero-order valence-corrected chi connectivity index (χ0v) is 11.1. The Balaban J connectivity index is 2.86. The molecule has 17 heavy (non-hydrogen) atoms. The molecule has 1 aromatic heterocycles. The summed E-state index contributed by atoms with van der Waals surface area (Å²) >= 11 is 0. The molecule has 0 spiro atoms. The zero-order chi connectivity index (χ0) is 12.8. The molecule has 0 amide bonds. The highest BCUT2D eigenvalue weighted by atomic mass is 16.3. The third kappa shape index (κ3) is 4.19. The van der Waals surface area contributed by atoms with Gasteiger partial charge in [-0.3, -0.25) is 0 Å². The molecule has 0 aliphatic carbocycles. The maximum absolute atomic E-state index is 8.92. The molecule has 0 aromatic carbocycles. The van der Waals surface area contributed by atoms with Gasteiger partial charge in [-0.05, 0) is 20.3 Å². The fourth-order valence-electron chi connectivity index (χ4n) is 1.44. The maximum atomic E-state index is 8.92. The van der Waals surface area contributed by atoms with Crippen molar-refractivity contribution in [3.63, 3.8) is 0 Å². The fourth-order valence-corrected chi connectivity index (χ4v) is 1.44. The molecule has 0 bridgehead atoms. The first kappa shape index (κ1) is 13.7. The molecule has 0 fully saturated rings. The van der Waals surface area contributed by atoms with Gasteiger partial charge in [0.2, 0.25) is 0 Å². The monoisotopic (exact) mass is 238 g/mol. The molecule has 5 heteroatoms. The molecule has 1 heterocycles. The number of aromatic nitrogens is 2. The summed E-state index contributed by atoms with van der Waals surface area (Å²) in [6.07, 6.45) is 1.05. The van der Waals surface area contributed by atoms with Crippen molar-refractivity contribution in [1.29, 1.82) is 0 Å². The van der Waals surface area contributed by atoms with Gasteiger partial charge in [0.25, 0.3) is 0 Å².